The summed E-state index contributed by atoms with van der Waals surface area (Å²) in [5.74, 6) is 0. The third kappa shape index (κ3) is 2.81. The zero-order valence-electron chi connectivity index (χ0n) is 11.2. The van der Waals surface area contributed by atoms with Crippen LogP contribution in [0.1, 0.15) is 13.8 Å². The van der Waals surface area contributed by atoms with Gasteiger partial charge in [-0.15, -0.1) is 0 Å². The van der Waals surface area contributed by atoms with E-state index in [0.717, 1.165) is 0 Å². The molecule has 0 saturated carbocycles. The highest BCUT2D eigenvalue weighted by molar-refractivity contribution is 7.89. The normalized spacial score (nSPS) is 25.6. The lowest BCUT2D eigenvalue weighted by Crippen LogP contribution is -2.52. The first-order valence-corrected chi connectivity index (χ1v) is 7.78. The SMILES string of the molecule is CCn1cnc(S(=O)(=O)N2CC(CN)OCC2C)c1. The molecular weight excluding hydrogens is 268 g/mol. The number of sulfonamides is 1. The number of hydrogen-bond donors (Lipinski definition) is 1. The second-order valence-corrected chi connectivity index (χ2v) is 6.49. The molecule has 1 fully saturated rings. The lowest BCUT2D eigenvalue weighted by molar-refractivity contribution is -0.0220. The van der Waals surface area contributed by atoms with E-state index >= 15 is 0 Å². The second-order valence-electron chi connectivity index (χ2n) is 4.66. The third-order valence-corrected chi connectivity index (χ3v) is 5.12. The van der Waals surface area contributed by atoms with Crippen molar-refractivity contribution in [1.29, 1.82) is 0 Å². The number of nitrogens with two attached hydrogens (primary N) is 1. The summed E-state index contributed by atoms with van der Waals surface area (Å²) in [5, 5.41) is 0.0823. The van der Waals surface area contributed by atoms with Crippen LogP contribution >= 0.6 is 0 Å². The maximum absolute atomic E-state index is 12.5. The van der Waals surface area contributed by atoms with E-state index < -0.39 is 10.0 Å². The van der Waals surface area contributed by atoms with Crippen LogP contribution in [0.5, 0.6) is 0 Å². The summed E-state index contributed by atoms with van der Waals surface area (Å²) in [6.45, 7) is 5.38. The monoisotopic (exact) mass is 288 g/mol. The number of ether oxygens (including phenoxy) is 1. The fourth-order valence-corrected chi connectivity index (χ4v) is 3.62. The summed E-state index contributed by atoms with van der Waals surface area (Å²) in [6, 6.07) is -0.209. The van der Waals surface area contributed by atoms with Gasteiger partial charge in [0.1, 0.15) is 0 Å². The molecule has 0 radical (unpaired) electrons. The van der Waals surface area contributed by atoms with Gasteiger partial charge in [-0.25, -0.2) is 13.4 Å². The van der Waals surface area contributed by atoms with E-state index in [9.17, 15) is 8.42 Å². The molecule has 0 amide bonds. The number of rotatable bonds is 4. The molecule has 2 N–H and O–H groups in total. The first kappa shape index (κ1) is 14.4. The van der Waals surface area contributed by atoms with Crippen molar-refractivity contribution in [3.8, 4) is 0 Å². The van der Waals surface area contributed by atoms with Crippen molar-refractivity contribution < 1.29 is 13.2 Å². The van der Waals surface area contributed by atoms with Gasteiger partial charge in [-0.2, -0.15) is 4.31 Å². The third-order valence-electron chi connectivity index (χ3n) is 3.26. The first-order valence-electron chi connectivity index (χ1n) is 6.34. The number of nitrogens with zero attached hydrogens (tertiary/aromatic N) is 3. The Labute approximate surface area is 113 Å². The van der Waals surface area contributed by atoms with Crippen LogP contribution in [0.2, 0.25) is 0 Å². The average molecular weight is 288 g/mol. The Morgan fingerprint density at radius 1 is 1.58 bits per heavy atom. The highest BCUT2D eigenvalue weighted by Crippen LogP contribution is 2.21. The minimum absolute atomic E-state index is 0.0823. The molecule has 1 aliphatic rings. The molecule has 0 spiro atoms. The fraction of sp³-hybridized carbons (Fsp3) is 0.727. The summed E-state index contributed by atoms with van der Waals surface area (Å²) in [5.41, 5.74) is 5.55. The van der Waals surface area contributed by atoms with Crippen molar-refractivity contribution in [2.24, 2.45) is 5.73 Å². The molecule has 7 nitrogen and oxygen atoms in total. The van der Waals surface area contributed by atoms with Gasteiger partial charge in [-0.05, 0) is 13.8 Å². The number of aromatic nitrogens is 2. The van der Waals surface area contributed by atoms with Gasteiger partial charge in [-0.1, -0.05) is 0 Å². The molecular formula is C11H20N4O3S. The lowest BCUT2D eigenvalue weighted by atomic mass is 10.2. The molecule has 1 saturated heterocycles. The molecule has 1 aliphatic heterocycles. The second kappa shape index (κ2) is 5.58. The summed E-state index contributed by atoms with van der Waals surface area (Å²) in [6.07, 6.45) is 2.83. The van der Waals surface area contributed by atoms with E-state index in [4.69, 9.17) is 10.5 Å². The van der Waals surface area contributed by atoms with E-state index in [-0.39, 0.29) is 23.7 Å². The van der Waals surface area contributed by atoms with E-state index in [1.807, 2.05) is 13.8 Å². The Morgan fingerprint density at radius 2 is 2.32 bits per heavy atom. The van der Waals surface area contributed by atoms with Crippen molar-refractivity contribution in [3.05, 3.63) is 12.5 Å². The number of morpholine rings is 1. The van der Waals surface area contributed by atoms with Crippen molar-refractivity contribution in [1.82, 2.24) is 13.9 Å². The molecule has 2 rings (SSSR count). The van der Waals surface area contributed by atoms with Crippen molar-refractivity contribution in [3.63, 3.8) is 0 Å². The smallest absolute Gasteiger partial charge is 0.262 e. The summed E-state index contributed by atoms with van der Waals surface area (Å²) < 4.78 is 33.7. The van der Waals surface area contributed by atoms with E-state index in [1.54, 1.807) is 10.8 Å². The van der Waals surface area contributed by atoms with Gasteiger partial charge >= 0.3 is 0 Å². The van der Waals surface area contributed by atoms with Crippen LogP contribution in [0.4, 0.5) is 0 Å². The Hall–Kier alpha value is -0.960. The number of imidazole rings is 1. The molecule has 19 heavy (non-hydrogen) atoms. The Balaban J connectivity index is 2.26. The number of hydrogen-bond acceptors (Lipinski definition) is 5. The molecule has 108 valence electrons. The molecule has 0 aliphatic carbocycles. The van der Waals surface area contributed by atoms with Gasteiger partial charge in [0, 0.05) is 31.9 Å². The van der Waals surface area contributed by atoms with Gasteiger partial charge in [0.15, 0.2) is 5.03 Å². The summed E-state index contributed by atoms with van der Waals surface area (Å²) >= 11 is 0. The molecule has 1 aromatic heterocycles. The predicted molar refractivity (Wildman–Crippen MR) is 70.0 cm³/mol. The maximum atomic E-state index is 12.5. The van der Waals surface area contributed by atoms with Gasteiger partial charge in [0.05, 0.1) is 19.0 Å². The Kier molecular flexibility index (Phi) is 4.24. The minimum Gasteiger partial charge on any atom is -0.374 e. The summed E-state index contributed by atoms with van der Waals surface area (Å²) in [7, 11) is -3.58. The molecule has 2 atom stereocenters. The van der Waals surface area contributed by atoms with Crippen LogP contribution < -0.4 is 5.73 Å². The van der Waals surface area contributed by atoms with Crippen molar-refractivity contribution in [2.75, 3.05) is 19.7 Å². The van der Waals surface area contributed by atoms with Crippen molar-refractivity contribution in [2.45, 2.75) is 37.6 Å². The number of aryl methyl sites for hydroxylation is 1. The molecule has 2 heterocycles. The first-order chi connectivity index (χ1) is 8.98. The molecule has 0 aromatic carbocycles. The van der Waals surface area contributed by atoms with Gasteiger partial charge in [0.2, 0.25) is 0 Å². The minimum atomic E-state index is -3.58. The topological polar surface area (TPSA) is 90.5 Å². The van der Waals surface area contributed by atoms with Crippen LogP contribution in [-0.4, -0.2) is 54.1 Å². The van der Waals surface area contributed by atoms with E-state index in [2.05, 4.69) is 4.98 Å². The van der Waals surface area contributed by atoms with Crippen LogP contribution in [-0.2, 0) is 21.3 Å². The van der Waals surface area contributed by atoms with Crippen LogP contribution in [0.15, 0.2) is 17.6 Å². The van der Waals surface area contributed by atoms with Crippen LogP contribution in [0.25, 0.3) is 0 Å². The van der Waals surface area contributed by atoms with E-state index in [0.29, 0.717) is 19.7 Å². The molecule has 8 heteroatoms. The highest BCUT2D eigenvalue weighted by atomic mass is 32.2. The highest BCUT2D eigenvalue weighted by Gasteiger charge is 2.36. The lowest BCUT2D eigenvalue weighted by Gasteiger charge is -2.36. The van der Waals surface area contributed by atoms with Gasteiger partial charge in [0.25, 0.3) is 10.0 Å². The van der Waals surface area contributed by atoms with Crippen molar-refractivity contribution >= 4 is 10.0 Å². The molecule has 0 bridgehead atoms. The van der Waals surface area contributed by atoms with Gasteiger partial charge in [-0.3, -0.25) is 0 Å². The largest absolute Gasteiger partial charge is 0.374 e. The molecule has 1 aromatic rings. The van der Waals surface area contributed by atoms with Gasteiger partial charge < -0.3 is 15.0 Å². The molecule has 2 unspecified atom stereocenters. The van der Waals surface area contributed by atoms with Crippen LogP contribution in [0.3, 0.4) is 0 Å². The Morgan fingerprint density at radius 3 is 2.89 bits per heavy atom. The summed E-state index contributed by atoms with van der Waals surface area (Å²) in [4.78, 5) is 3.98. The standard InChI is InChI=1S/C11H20N4O3S/c1-3-14-6-11(13-8-14)19(16,17)15-5-10(4-12)18-7-9(15)2/h6,8-10H,3-5,7,12H2,1-2H3. The fourth-order valence-electron chi connectivity index (χ4n) is 2.04. The Bertz CT molecular complexity index is 528. The maximum Gasteiger partial charge on any atom is 0.262 e. The average Bonchev–Trinajstić information content (AvgIpc) is 2.88. The zero-order chi connectivity index (χ0) is 14.0. The zero-order valence-corrected chi connectivity index (χ0v) is 12.0. The predicted octanol–water partition coefficient (Wildman–Crippen LogP) is -0.360. The quantitative estimate of drug-likeness (QED) is 0.817. The van der Waals surface area contributed by atoms with Crippen LogP contribution in [0, 0.1) is 0 Å². The van der Waals surface area contributed by atoms with E-state index in [1.165, 1.54) is 10.6 Å².